The summed E-state index contributed by atoms with van der Waals surface area (Å²) < 4.78 is 0. The normalized spacial score (nSPS) is 11.4. The van der Waals surface area contributed by atoms with Crippen molar-refractivity contribution in [1.29, 1.82) is 0 Å². The van der Waals surface area contributed by atoms with Gasteiger partial charge in [0.2, 0.25) is 11.7 Å². The summed E-state index contributed by atoms with van der Waals surface area (Å²) in [6.45, 7) is 9.10. The highest BCUT2D eigenvalue weighted by atomic mass is 16.2. The molecule has 0 rings (SSSR count). The molecule has 2 N–H and O–H groups in total. The topological polar surface area (TPSA) is 70.6 Å². The van der Waals surface area contributed by atoms with Crippen LogP contribution in [0.5, 0.6) is 0 Å². The Labute approximate surface area is 96.0 Å². The molecule has 0 saturated heterocycles. The molecule has 0 aromatic carbocycles. The summed E-state index contributed by atoms with van der Waals surface area (Å²) in [5.74, 6) is -0.604. The van der Waals surface area contributed by atoms with Crippen LogP contribution in [0.4, 0.5) is 0 Å². The van der Waals surface area contributed by atoms with Crippen LogP contribution in [0.25, 0.3) is 0 Å². The number of carbonyl (C=O) groups is 2. The van der Waals surface area contributed by atoms with E-state index in [9.17, 15) is 9.59 Å². The van der Waals surface area contributed by atoms with E-state index < -0.39 is 0 Å². The van der Waals surface area contributed by atoms with E-state index in [2.05, 4.69) is 22.2 Å². The summed E-state index contributed by atoms with van der Waals surface area (Å²) in [6, 6.07) is 0.213. The maximum absolute atomic E-state index is 11.5. The standard InChI is InChI=1S/C11H19N3O2/c1-7(2)10(16)11(12-5)14-9(15)6-13-8(3)4/h8,13H,1,6H2,2-5H3,(H,12,14,15). The number of nitrogens with one attached hydrogen (secondary N) is 2. The molecule has 0 radical (unpaired) electrons. The van der Waals surface area contributed by atoms with Crippen molar-refractivity contribution < 1.29 is 9.59 Å². The number of nitrogens with zero attached hydrogens (tertiary/aromatic N) is 1. The van der Waals surface area contributed by atoms with Crippen LogP contribution < -0.4 is 10.6 Å². The van der Waals surface area contributed by atoms with Gasteiger partial charge in [-0.25, -0.2) is 0 Å². The lowest BCUT2D eigenvalue weighted by Crippen LogP contribution is -2.42. The zero-order valence-electron chi connectivity index (χ0n) is 10.3. The molecule has 0 unspecified atom stereocenters. The van der Waals surface area contributed by atoms with E-state index in [1.165, 1.54) is 7.05 Å². The summed E-state index contributed by atoms with van der Waals surface area (Å²) in [5, 5.41) is 5.38. The van der Waals surface area contributed by atoms with E-state index in [4.69, 9.17) is 0 Å². The number of hydrogen-bond donors (Lipinski definition) is 2. The lowest BCUT2D eigenvalue weighted by atomic mass is 10.2. The van der Waals surface area contributed by atoms with Crippen molar-refractivity contribution in [2.45, 2.75) is 26.8 Å². The maximum Gasteiger partial charge on any atom is 0.239 e. The van der Waals surface area contributed by atoms with Crippen molar-refractivity contribution in [3.05, 3.63) is 12.2 Å². The van der Waals surface area contributed by atoms with Crippen LogP contribution in [0.2, 0.25) is 0 Å². The van der Waals surface area contributed by atoms with Gasteiger partial charge in [0.1, 0.15) is 0 Å². The third kappa shape index (κ3) is 5.41. The van der Waals surface area contributed by atoms with Gasteiger partial charge < -0.3 is 10.6 Å². The zero-order valence-corrected chi connectivity index (χ0v) is 10.3. The fourth-order valence-corrected chi connectivity index (χ4v) is 0.889. The smallest absolute Gasteiger partial charge is 0.239 e. The average molecular weight is 225 g/mol. The molecule has 0 aliphatic carbocycles. The van der Waals surface area contributed by atoms with Crippen molar-refractivity contribution in [3.8, 4) is 0 Å². The van der Waals surface area contributed by atoms with Crippen LogP contribution in [0.15, 0.2) is 17.1 Å². The minimum Gasteiger partial charge on any atom is -0.307 e. The molecule has 0 aliphatic heterocycles. The summed E-state index contributed by atoms with van der Waals surface area (Å²) in [4.78, 5) is 26.6. The molecule has 0 spiro atoms. The molecular weight excluding hydrogens is 206 g/mol. The number of amides is 1. The molecule has 0 aromatic heterocycles. The molecule has 90 valence electrons. The second-order valence-electron chi connectivity index (χ2n) is 3.77. The number of carbonyl (C=O) groups excluding carboxylic acids is 2. The van der Waals surface area contributed by atoms with Crippen molar-refractivity contribution >= 4 is 17.5 Å². The highest BCUT2D eigenvalue weighted by Crippen LogP contribution is 1.91. The number of aliphatic imine (C=N–C) groups is 1. The molecule has 16 heavy (non-hydrogen) atoms. The number of amidine groups is 1. The van der Waals surface area contributed by atoms with Gasteiger partial charge in [0.25, 0.3) is 0 Å². The third-order valence-corrected chi connectivity index (χ3v) is 1.75. The Kier molecular flexibility index (Phi) is 6.25. The first kappa shape index (κ1) is 14.5. The predicted molar refractivity (Wildman–Crippen MR) is 64.5 cm³/mol. The van der Waals surface area contributed by atoms with E-state index in [1.807, 2.05) is 13.8 Å². The number of hydrogen-bond acceptors (Lipinski definition) is 4. The van der Waals surface area contributed by atoms with Crippen molar-refractivity contribution in [3.63, 3.8) is 0 Å². The van der Waals surface area contributed by atoms with Gasteiger partial charge in [0.05, 0.1) is 6.54 Å². The largest absolute Gasteiger partial charge is 0.307 e. The lowest BCUT2D eigenvalue weighted by molar-refractivity contribution is -0.119. The Balaban J connectivity index is 4.30. The Morgan fingerprint density at radius 3 is 2.31 bits per heavy atom. The first-order valence-electron chi connectivity index (χ1n) is 5.08. The molecule has 0 bridgehead atoms. The van der Waals surface area contributed by atoms with Gasteiger partial charge >= 0.3 is 0 Å². The van der Waals surface area contributed by atoms with Gasteiger partial charge in [-0.3, -0.25) is 14.6 Å². The average Bonchev–Trinajstić information content (AvgIpc) is 2.21. The van der Waals surface area contributed by atoms with Crippen LogP contribution in [-0.2, 0) is 9.59 Å². The van der Waals surface area contributed by atoms with Crippen molar-refractivity contribution in [2.24, 2.45) is 4.99 Å². The zero-order chi connectivity index (χ0) is 12.7. The summed E-state index contributed by atoms with van der Waals surface area (Å²) in [5.41, 5.74) is 0.345. The molecule has 0 aromatic rings. The van der Waals surface area contributed by atoms with Crippen molar-refractivity contribution in [2.75, 3.05) is 13.6 Å². The summed E-state index contributed by atoms with van der Waals surface area (Å²) in [6.07, 6.45) is 0. The molecule has 1 amide bonds. The fourth-order valence-electron chi connectivity index (χ4n) is 0.889. The first-order valence-corrected chi connectivity index (χ1v) is 5.08. The van der Waals surface area contributed by atoms with Crippen molar-refractivity contribution in [1.82, 2.24) is 10.6 Å². The van der Waals surface area contributed by atoms with E-state index in [-0.39, 0.29) is 30.1 Å². The van der Waals surface area contributed by atoms with E-state index in [0.717, 1.165) is 0 Å². The minimum absolute atomic E-state index is 0.0306. The highest BCUT2D eigenvalue weighted by molar-refractivity contribution is 6.46. The maximum atomic E-state index is 11.5. The van der Waals surface area contributed by atoms with Crippen LogP contribution in [0.3, 0.4) is 0 Å². The first-order chi connectivity index (χ1) is 7.38. The molecule has 0 heterocycles. The van der Waals surface area contributed by atoms with Crippen LogP contribution in [0.1, 0.15) is 20.8 Å². The van der Waals surface area contributed by atoms with Crippen LogP contribution >= 0.6 is 0 Å². The Morgan fingerprint density at radius 1 is 1.38 bits per heavy atom. The minimum atomic E-state index is -0.347. The monoisotopic (exact) mass is 225 g/mol. The van der Waals surface area contributed by atoms with E-state index >= 15 is 0 Å². The summed E-state index contributed by atoms with van der Waals surface area (Å²) >= 11 is 0. The van der Waals surface area contributed by atoms with Crippen LogP contribution in [0, 0.1) is 0 Å². The molecular formula is C11H19N3O2. The Morgan fingerprint density at radius 2 is 1.94 bits per heavy atom. The van der Waals surface area contributed by atoms with Gasteiger partial charge in [-0.15, -0.1) is 0 Å². The molecule has 0 aliphatic rings. The molecule has 0 fully saturated rings. The molecule has 5 nitrogen and oxygen atoms in total. The quantitative estimate of drug-likeness (QED) is 0.401. The fraction of sp³-hybridized carbons (Fsp3) is 0.545. The Hall–Kier alpha value is -1.49. The van der Waals surface area contributed by atoms with Gasteiger partial charge in [-0.2, -0.15) is 0 Å². The van der Waals surface area contributed by atoms with Gasteiger partial charge in [-0.1, -0.05) is 20.4 Å². The molecule has 5 heteroatoms. The van der Waals surface area contributed by atoms with Gasteiger partial charge in [0, 0.05) is 13.1 Å². The summed E-state index contributed by atoms with van der Waals surface area (Å²) in [7, 11) is 1.45. The predicted octanol–water partition coefficient (Wildman–Crippen LogP) is 0.274. The second-order valence-corrected chi connectivity index (χ2v) is 3.77. The number of Topliss-reactive ketones (excluding diaryl/α,β-unsaturated/α-hetero) is 1. The van der Waals surface area contributed by atoms with Crippen LogP contribution in [-0.4, -0.2) is 37.2 Å². The van der Waals surface area contributed by atoms with E-state index in [1.54, 1.807) is 6.92 Å². The SMILES string of the molecule is C=C(C)C(=O)/C(=N/C)NC(=O)CNC(C)C. The van der Waals surface area contributed by atoms with Gasteiger partial charge in [0.15, 0.2) is 5.84 Å². The van der Waals surface area contributed by atoms with E-state index in [0.29, 0.717) is 5.57 Å². The Bertz CT molecular complexity index is 319. The lowest BCUT2D eigenvalue weighted by Gasteiger charge is -2.09. The molecule has 0 atom stereocenters. The van der Waals surface area contributed by atoms with Gasteiger partial charge in [-0.05, 0) is 12.5 Å². The highest BCUT2D eigenvalue weighted by Gasteiger charge is 2.14. The third-order valence-electron chi connectivity index (χ3n) is 1.75. The molecule has 0 saturated carbocycles. The number of rotatable bonds is 5. The second kappa shape index (κ2) is 6.90. The number of ketones is 1.